The van der Waals surface area contributed by atoms with E-state index in [1.807, 2.05) is 15.9 Å². The first-order chi connectivity index (χ1) is 11.7. The van der Waals surface area contributed by atoms with Crippen molar-refractivity contribution < 1.29 is 14.0 Å². The van der Waals surface area contributed by atoms with Gasteiger partial charge in [-0.2, -0.15) is 0 Å². The van der Waals surface area contributed by atoms with Crippen molar-refractivity contribution in [3.05, 3.63) is 46.5 Å². The highest BCUT2D eigenvalue weighted by Crippen LogP contribution is 2.14. The Bertz CT molecular complexity index is 652. The van der Waals surface area contributed by atoms with Gasteiger partial charge in [-0.25, -0.2) is 0 Å². The average Bonchev–Trinajstić information content (AvgIpc) is 3.24. The van der Waals surface area contributed by atoms with Gasteiger partial charge in [-0.15, -0.1) is 11.3 Å². The molecule has 2 aromatic heterocycles. The molecule has 1 saturated heterocycles. The molecule has 1 fully saturated rings. The molecular formula is C18H22N2O3S. The quantitative estimate of drug-likeness (QED) is 0.836. The van der Waals surface area contributed by atoms with E-state index in [0.717, 1.165) is 25.8 Å². The van der Waals surface area contributed by atoms with Crippen LogP contribution in [0.4, 0.5) is 0 Å². The molecule has 0 aliphatic carbocycles. The summed E-state index contributed by atoms with van der Waals surface area (Å²) in [5.41, 5.74) is 0.575. The van der Waals surface area contributed by atoms with E-state index >= 15 is 0 Å². The normalized spacial score (nSPS) is 15.3. The summed E-state index contributed by atoms with van der Waals surface area (Å²) in [6.45, 7) is 2.61. The number of carbonyl (C=O) groups excluding carboxylic acids is 2. The summed E-state index contributed by atoms with van der Waals surface area (Å²) >= 11 is 1.74. The van der Waals surface area contributed by atoms with E-state index < -0.39 is 0 Å². The Labute approximate surface area is 145 Å². The van der Waals surface area contributed by atoms with E-state index in [0.29, 0.717) is 31.6 Å². The second-order valence-corrected chi connectivity index (χ2v) is 7.00. The minimum Gasteiger partial charge on any atom is -0.472 e. The predicted molar refractivity (Wildman–Crippen MR) is 93.1 cm³/mol. The summed E-state index contributed by atoms with van der Waals surface area (Å²) in [5, 5.41) is 2.07. The zero-order valence-corrected chi connectivity index (χ0v) is 14.5. The van der Waals surface area contributed by atoms with Crippen molar-refractivity contribution >= 4 is 23.2 Å². The molecule has 3 heterocycles. The Morgan fingerprint density at radius 1 is 1.12 bits per heavy atom. The van der Waals surface area contributed by atoms with Gasteiger partial charge in [0.05, 0.1) is 11.8 Å². The van der Waals surface area contributed by atoms with E-state index in [4.69, 9.17) is 4.42 Å². The lowest BCUT2D eigenvalue weighted by Gasteiger charge is -2.22. The van der Waals surface area contributed by atoms with Crippen molar-refractivity contribution in [1.82, 2.24) is 9.80 Å². The lowest BCUT2D eigenvalue weighted by Crippen LogP contribution is -2.37. The molecule has 2 aromatic rings. The molecule has 5 nitrogen and oxygen atoms in total. The molecule has 0 saturated carbocycles. The highest BCUT2D eigenvalue weighted by molar-refractivity contribution is 7.09. The minimum absolute atomic E-state index is 0.0178. The smallest absolute Gasteiger partial charge is 0.257 e. The van der Waals surface area contributed by atoms with Crippen LogP contribution in [0.5, 0.6) is 0 Å². The van der Waals surface area contributed by atoms with Gasteiger partial charge in [0.1, 0.15) is 6.26 Å². The highest BCUT2D eigenvalue weighted by atomic mass is 32.1. The van der Waals surface area contributed by atoms with Crippen molar-refractivity contribution in [3.8, 4) is 0 Å². The molecule has 0 unspecified atom stereocenters. The summed E-state index contributed by atoms with van der Waals surface area (Å²) in [6.07, 6.45) is 6.22. The fourth-order valence-electron chi connectivity index (χ4n) is 2.97. The molecule has 0 aromatic carbocycles. The molecule has 0 atom stereocenters. The Morgan fingerprint density at radius 3 is 2.71 bits per heavy atom. The van der Waals surface area contributed by atoms with Crippen molar-refractivity contribution in [2.75, 3.05) is 26.2 Å². The van der Waals surface area contributed by atoms with Crippen LogP contribution in [0.3, 0.4) is 0 Å². The maximum absolute atomic E-state index is 12.4. The monoisotopic (exact) mass is 346 g/mol. The summed E-state index contributed by atoms with van der Waals surface area (Å²) in [4.78, 5) is 29.8. The Balaban J connectivity index is 1.46. The molecule has 0 spiro atoms. The van der Waals surface area contributed by atoms with Gasteiger partial charge in [0.25, 0.3) is 5.91 Å². The lowest BCUT2D eigenvalue weighted by atomic mass is 10.2. The molecule has 0 radical (unpaired) electrons. The molecule has 0 N–H and O–H groups in total. The summed E-state index contributed by atoms with van der Waals surface area (Å²) in [5.74, 6) is 0.180. The first-order valence-electron chi connectivity index (χ1n) is 8.35. The van der Waals surface area contributed by atoms with Crippen LogP contribution in [0.15, 0.2) is 40.5 Å². The molecule has 1 aliphatic heterocycles. The Morgan fingerprint density at radius 2 is 1.96 bits per heavy atom. The van der Waals surface area contributed by atoms with Gasteiger partial charge in [0.15, 0.2) is 0 Å². The van der Waals surface area contributed by atoms with Crippen molar-refractivity contribution in [2.45, 2.75) is 25.7 Å². The number of furan rings is 1. The third kappa shape index (κ3) is 4.26. The summed E-state index contributed by atoms with van der Waals surface area (Å²) < 4.78 is 4.98. The van der Waals surface area contributed by atoms with E-state index in [9.17, 15) is 9.59 Å². The van der Waals surface area contributed by atoms with Crippen LogP contribution in [0.1, 0.15) is 34.5 Å². The SMILES string of the molecule is O=C(CCCc1cccs1)N1CCCN(C(=O)c2ccoc2)CC1. The van der Waals surface area contributed by atoms with Crippen LogP contribution in [-0.2, 0) is 11.2 Å². The van der Waals surface area contributed by atoms with Crippen LogP contribution in [0.25, 0.3) is 0 Å². The largest absolute Gasteiger partial charge is 0.472 e. The van der Waals surface area contributed by atoms with E-state index in [-0.39, 0.29) is 11.8 Å². The summed E-state index contributed by atoms with van der Waals surface area (Å²) in [7, 11) is 0. The zero-order chi connectivity index (χ0) is 16.8. The number of amides is 2. The van der Waals surface area contributed by atoms with Crippen LogP contribution < -0.4 is 0 Å². The number of hydrogen-bond donors (Lipinski definition) is 0. The number of thiophene rings is 1. The highest BCUT2D eigenvalue weighted by Gasteiger charge is 2.23. The maximum atomic E-state index is 12.4. The fraction of sp³-hybridized carbons (Fsp3) is 0.444. The lowest BCUT2D eigenvalue weighted by molar-refractivity contribution is -0.131. The molecule has 24 heavy (non-hydrogen) atoms. The zero-order valence-electron chi connectivity index (χ0n) is 13.6. The van der Waals surface area contributed by atoms with E-state index in [1.165, 1.54) is 17.4 Å². The van der Waals surface area contributed by atoms with Gasteiger partial charge in [-0.3, -0.25) is 9.59 Å². The molecule has 1 aliphatic rings. The van der Waals surface area contributed by atoms with Crippen LogP contribution in [0.2, 0.25) is 0 Å². The standard InChI is InChI=1S/C18H22N2O3S/c21-17(6-1-4-16-5-2-13-24-16)19-8-3-9-20(11-10-19)18(22)15-7-12-23-14-15/h2,5,7,12-14H,1,3-4,6,8-11H2. The number of nitrogens with zero attached hydrogens (tertiary/aromatic N) is 2. The molecule has 0 bridgehead atoms. The first-order valence-corrected chi connectivity index (χ1v) is 9.23. The summed E-state index contributed by atoms with van der Waals surface area (Å²) in [6, 6.07) is 5.84. The van der Waals surface area contributed by atoms with Crippen molar-refractivity contribution in [3.63, 3.8) is 0 Å². The molecule has 128 valence electrons. The molecular weight excluding hydrogens is 324 g/mol. The average molecular weight is 346 g/mol. The van der Waals surface area contributed by atoms with Gasteiger partial charge in [0, 0.05) is 37.5 Å². The number of rotatable bonds is 5. The second kappa shape index (κ2) is 8.15. The molecule has 6 heteroatoms. The topological polar surface area (TPSA) is 53.8 Å². The predicted octanol–water partition coefficient (Wildman–Crippen LogP) is 3.04. The third-order valence-electron chi connectivity index (χ3n) is 4.30. The van der Waals surface area contributed by atoms with E-state index in [1.54, 1.807) is 17.4 Å². The third-order valence-corrected chi connectivity index (χ3v) is 5.23. The Kier molecular flexibility index (Phi) is 5.69. The van der Waals surface area contributed by atoms with Gasteiger partial charge in [-0.05, 0) is 36.8 Å². The van der Waals surface area contributed by atoms with Crippen LogP contribution >= 0.6 is 11.3 Å². The molecule has 3 rings (SSSR count). The second-order valence-electron chi connectivity index (χ2n) is 5.97. The van der Waals surface area contributed by atoms with E-state index in [2.05, 4.69) is 11.4 Å². The number of hydrogen-bond acceptors (Lipinski definition) is 4. The minimum atomic E-state index is -0.0178. The van der Waals surface area contributed by atoms with Gasteiger partial charge >= 0.3 is 0 Å². The first kappa shape index (κ1) is 16.8. The maximum Gasteiger partial charge on any atom is 0.257 e. The van der Waals surface area contributed by atoms with Crippen LogP contribution in [-0.4, -0.2) is 47.8 Å². The van der Waals surface area contributed by atoms with Crippen molar-refractivity contribution in [1.29, 1.82) is 0 Å². The van der Waals surface area contributed by atoms with Gasteiger partial charge in [-0.1, -0.05) is 6.07 Å². The number of aryl methyl sites for hydroxylation is 1. The van der Waals surface area contributed by atoms with Gasteiger partial charge in [0.2, 0.25) is 5.91 Å². The van der Waals surface area contributed by atoms with Crippen molar-refractivity contribution in [2.24, 2.45) is 0 Å². The Hall–Kier alpha value is -2.08. The molecule has 2 amide bonds. The fourth-order valence-corrected chi connectivity index (χ4v) is 3.72. The van der Waals surface area contributed by atoms with Crippen LogP contribution in [0, 0.1) is 0 Å². The van der Waals surface area contributed by atoms with Gasteiger partial charge < -0.3 is 14.2 Å². The number of carbonyl (C=O) groups is 2.